The van der Waals surface area contributed by atoms with Crippen molar-refractivity contribution >= 4 is 27.1 Å². The first-order chi connectivity index (χ1) is 15.0. The third-order valence-electron chi connectivity index (χ3n) is 5.45. The normalized spacial score (nSPS) is 20.7. The fraction of sp³-hybridized carbons (Fsp3) is 0.429. The van der Waals surface area contributed by atoms with Gasteiger partial charge in [-0.3, -0.25) is 9.80 Å². The number of carbonyl (C=O) groups is 1. The first-order valence-electron chi connectivity index (χ1n) is 10.1. The number of rotatable bonds is 6. The number of anilines is 2. The minimum atomic E-state index is -3.10. The van der Waals surface area contributed by atoms with Crippen LogP contribution in [0.3, 0.4) is 0 Å². The van der Waals surface area contributed by atoms with Crippen molar-refractivity contribution in [3.63, 3.8) is 0 Å². The molecular weight excluding hydrogens is 442 g/mol. The molecule has 2 N–H and O–H groups in total. The van der Waals surface area contributed by atoms with Crippen molar-refractivity contribution in [2.24, 2.45) is 5.92 Å². The minimum absolute atomic E-state index is 0.0292. The van der Waals surface area contributed by atoms with Crippen LogP contribution >= 0.6 is 0 Å². The van der Waals surface area contributed by atoms with E-state index in [2.05, 4.69) is 20.5 Å². The topological polar surface area (TPSA) is 101 Å². The molecule has 4 rings (SSSR count). The smallest absolute Gasteiger partial charge is 0.387 e. The number of amides is 1. The van der Waals surface area contributed by atoms with E-state index in [1.165, 1.54) is 12.1 Å². The Hall–Kier alpha value is -2.79. The van der Waals surface area contributed by atoms with E-state index < -0.39 is 27.9 Å². The molecule has 1 aromatic heterocycles. The Labute approximate surface area is 184 Å². The summed E-state index contributed by atoms with van der Waals surface area (Å²) in [6.07, 6.45) is 1.54. The standard InChI is InChI=1S/C21H24F2N4O4S/c1-12(2)18-15-8-16(19(28)25-21(3)10-32(29,30)11-21)24-9-17(15)27(26-18)13-5-4-6-14(7-13)31-20(22)23/h4-9,12,18,20,26H,10-11H2,1-3H3,(H,25,28). The van der Waals surface area contributed by atoms with Gasteiger partial charge in [-0.05, 0) is 31.0 Å². The number of hydrogen-bond donors (Lipinski definition) is 2. The molecule has 2 aliphatic rings. The quantitative estimate of drug-likeness (QED) is 0.675. The number of pyridine rings is 1. The zero-order valence-corrected chi connectivity index (χ0v) is 18.6. The number of sulfone groups is 1. The molecule has 0 bridgehead atoms. The van der Waals surface area contributed by atoms with Crippen LogP contribution in [0.5, 0.6) is 5.75 Å². The lowest BCUT2D eigenvalue weighted by atomic mass is 9.97. The number of nitrogens with one attached hydrogen (secondary N) is 2. The zero-order chi connectivity index (χ0) is 23.3. The van der Waals surface area contributed by atoms with E-state index in [-0.39, 0.29) is 34.9 Å². The van der Waals surface area contributed by atoms with Gasteiger partial charge >= 0.3 is 6.61 Å². The average Bonchev–Trinajstić information content (AvgIpc) is 3.05. The molecule has 2 aromatic rings. The van der Waals surface area contributed by atoms with Gasteiger partial charge in [0.2, 0.25) is 0 Å². The Kier molecular flexibility index (Phi) is 5.58. The molecule has 1 fully saturated rings. The molecule has 11 heteroatoms. The lowest BCUT2D eigenvalue weighted by Gasteiger charge is -2.38. The molecule has 1 amide bonds. The SMILES string of the molecule is CC(C)C1NN(c2cccc(OC(F)F)c2)c2cnc(C(=O)NC3(C)CS(=O)(=O)C3)cc21. The lowest BCUT2D eigenvalue weighted by Crippen LogP contribution is -2.63. The van der Waals surface area contributed by atoms with E-state index in [1.54, 1.807) is 36.3 Å². The number of hydrazine groups is 1. The van der Waals surface area contributed by atoms with E-state index in [0.717, 1.165) is 5.56 Å². The number of nitrogens with zero attached hydrogens (tertiary/aromatic N) is 2. The molecule has 8 nitrogen and oxygen atoms in total. The monoisotopic (exact) mass is 466 g/mol. The second-order valence-corrected chi connectivity index (χ2v) is 10.8. The van der Waals surface area contributed by atoms with Crippen molar-refractivity contribution in [1.82, 2.24) is 15.7 Å². The van der Waals surface area contributed by atoms with Crippen molar-refractivity contribution in [1.29, 1.82) is 0 Å². The van der Waals surface area contributed by atoms with Crippen molar-refractivity contribution in [3.8, 4) is 5.75 Å². The first kappa shape index (κ1) is 22.4. The van der Waals surface area contributed by atoms with Crippen molar-refractivity contribution in [2.75, 3.05) is 16.5 Å². The maximum absolute atomic E-state index is 12.7. The lowest BCUT2D eigenvalue weighted by molar-refractivity contribution is -0.0498. The van der Waals surface area contributed by atoms with Crippen molar-refractivity contribution < 1.29 is 26.7 Å². The van der Waals surface area contributed by atoms with Crippen LogP contribution in [0.1, 0.15) is 42.9 Å². The van der Waals surface area contributed by atoms with Crippen LogP contribution in [-0.2, 0) is 9.84 Å². The van der Waals surface area contributed by atoms with Gasteiger partial charge in [0.1, 0.15) is 11.4 Å². The molecule has 0 spiro atoms. The second kappa shape index (κ2) is 7.96. The molecule has 1 atom stereocenters. The molecule has 3 heterocycles. The summed E-state index contributed by atoms with van der Waals surface area (Å²) in [5, 5.41) is 4.50. The van der Waals surface area contributed by atoms with Crippen LogP contribution < -0.4 is 20.5 Å². The summed E-state index contributed by atoms with van der Waals surface area (Å²) in [6.45, 7) is 2.79. The second-order valence-electron chi connectivity index (χ2n) is 8.74. The van der Waals surface area contributed by atoms with Gasteiger partial charge in [0, 0.05) is 11.6 Å². The summed E-state index contributed by atoms with van der Waals surface area (Å²) in [7, 11) is -3.10. The van der Waals surface area contributed by atoms with E-state index in [4.69, 9.17) is 0 Å². The molecule has 1 saturated heterocycles. The molecule has 0 aliphatic carbocycles. The summed E-state index contributed by atoms with van der Waals surface area (Å²) < 4.78 is 52.8. The van der Waals surface area contributed by atoms with Crippen LogP contribution in [0.2, 0.25) is 0 Å². The van der Waals surface area contributed by atoms with Gasteiger partial charge in [-0.2, -0.15) is 8.78 Å². The predicted molar refractivity (Wildman–Crippen MR) is 115 cm³/mol. The van der Waals surface area contributed by atoms with Crippen LogP contribution in [0.15, 0.2) is 36.5 Å². The van der Waals surface area contributed by atoms with E-state index in [9.17, 15) is 22.0 Å². The molecule has 172 valence electrons. The van der Waals surface area contributed by atoms with Gasteiger partial charge in [-0.25, -0.2) is 18.8 Å². The Bertz CT molecular complexity index is 1140. The molecule has 1 aromatic carbocycles. The summed E-state index contributed by atoms with van der Waals surface area (Å²) in [6, 6.07) is 7.82. The highest BCUT2D eigenvalue weighted by Gasteiger charge is 2.46. The molecule has 32 heavy (non-hydrogen) atoms. The van der Waals surface area contributed by atoms with Crippen LogP contribution in [-0.4, -0.2) is 43.0 Å². The maximum Gasteiger partial charge on any atom is 0.387 e. The van der Waals surface area contributed by atoms with E-state index in [1.807, 2.05) is 13.8 Å². The summed E-state index contributed by atoms with van der Waals surface area (Å²) in [5.41, 5.74) is 4.81. The Morgan fingerprint density at radius 2 is 2.03 bits per heavy atom. The van der Waals surface area contributed by atoms with Gasteiger partial charge in [-0.1, -0.05) is 19.9 Å². The third-order valence-corrected chi connectivity index (χ3v) is 7.60. The number of aromatic nitrogens is 1. The van der Waals surface area contributed by atoms with Gasteiger partial charge in [0.25, 0.3) is 5.91 Å². The number of ether oxygens (including phenoxy) is 1. The number of halogens is 2. The highest BCUT2D eigenvalue weighted by molar-refractivity contribution is 7.93. The number of fused-ring (bicyclic) bond motifs is 1. The Morgan fingerprint density at radius 3 is 2.66 bits per heavy atom. The Morgan fingerprint density at radius 1 is 1.31 bits per heavy atom. The number of carbonyl (C=O) groups excluding carboxylic acids is 1. The summed E-state index contributed by atoms with van der Waals surface area (Å²) in [4.78, 5) is 17.0. The van der Waals surface area contributed by atoms with Gasteiger partial charge < -0.3 is 10.1 Å². The Balaban J connectivity index is 1.62. The number of hydrogen-bond acceptors (Lipinski definition) is 7. The van der Waals surface area contributed by atoms with E-state index in [0.29, 0.717) is 11.4 Å². The summed E-state index contributed by atoms with van der Waals surface area (Å²) in [5.74, 6) is -0.471. The highest BCUT2D eigenvalue weighted by Crippen LogP contribution is 2.41. The van der Waals surface area contributed by atoms with Gasteiger partial charge in [-0.15, -0.1) is 0 Å². The predicted octanol–water partition coefficient (Wildman–Crippen LogP) is 2.95. The first-order valence-corrected chi connectivity index (χ1v) is 11.9. The largest absolute Gasteiger partial charge is 0.435 e. The number of benzene rings is 1. The fourth-order valence-corrected chi connectivity index (χ4v) is 6.16. The van der Waals surface area contributed by atoms with Crippen LogP contribution in [0, 0.1) is 5.92 Å². The molecule has 0 saturated carbocycles. The summed E-state index contributed by atoms with van der Waals surface area (Å²) >= 11 is 0. The molecular formula is C21H24F2N4O4S. The van der Waals surface area contributed by atoms with E-state index >= 15 is 0 Å². The van der Waals surface area contributed by atoms with Crippen LogP contribution in [0.25, 0.3) is 0 Å². The van der Waals surface area contributed by atoms with Crippen molar-refractivity contribution in [2.45, 2.75) is 39.0 Å². The van der Waals surface area contributed by atoms with Gasteiger partial charge in [0.05, 0.1) is 40.7 Å². The zero-order valence-electron chi connectivity index (χ0n) is 17.8. The van der Waals surface area contributed by atoms with Crippen LogP contribution in [0.4, 0.5) is 20.2 Å². The minimum Gasteiger partial charge on any atom is -0.435 e. The molecule has 0 radical (unpaired) electrons. The molecule has 1 unspecified atom stereocenters. The number of alkyl halides is 2. The average molecular weight is 467 g/mol. The molecule has 2 aliphatic heterocycles. The third kappa shape index (κ3) is 4.40. The highest BCUT2D eigenvalue weighted by atomic mass is 32.2. The van der Waals surface area contributed by atoms with Gasteiger partial charge in [0.15, 0.2) is 9.84 Å². The fourth-order valence-electron chi connectivity index (χ4n) is 4.16. The maximum atomic E-state index is 12.7. The van der Waals surface area contributed by atoms with Crippen molar-refractivity contribution in [3.05, 3.63) is 47.8 Å².